The van der Waals surface area contributed by atoms with E-state index in [4.69, 9.17) is 21.1 Å². The van der Waals surface area contributed by atoms with Crippen molar-refractivity contribution in [3.8, 4) is 11.5 Å². The molecule has 0 aromatic heterocycles. The van der Waals surface area contributed by atoms with Crippen LogP contribution in [-0.2, 0) is 19.7 Å². The Morgan fingerprint density at radius 2 is 1.34 bits per heavy atom. The molecule has 3 rings (SSSR count). The second-order valence-corrected chi connectivity index (χ2v) is 7.59. The third-order valence-corrected chi connectivity index (χ3v) is 5.04. The molecule has 3 aromatic carbocycles. The van der Waals surface area contributed by atoms with Gasteiger partial charge >= 0.3 is 0 Å². The van der Waals surface area contributed by atoms with Crippen LogP contribution in [-0.4, -0.2) is 6.61 Å². The van der Waals surface area contributed by atoms with Crippen molar-refractivity contribution in [3.05, 3.63) is 93.5 Å². The van der Waals surface area contributed by atoms with Crippen LogP contribution in [0.25, 0.3) is 0 Å². The second kappa shape index (κ2) is 10.3. The molecule has 29 heavy (non-hydrogen) atoms. The van der Waals surface area contributed by atoms with Gasteiger partial charge in [-0.1, -0.05) is 71.3 Å². The topological polar surface area (TPSA) is 30.5 Å². The van der Waals surface area contributed by atoms with Gasteiger partial charge in [-0.15, -0.1) is 0 Å². The van der Waals surface area contributed by atoms with Gasteiger partial charge in [-0.3, -0.25) is 0 Å². The first kappa shape index (κ1) is 21.2. The monoisotopic (exact) mass is 409 g/mol. The third-order valence-electron chi connectivity index (χ3n) is 4.69. The van der Waals surface area contributed by atoms with E-state index in [1.54, 1.807) is 0 Å². The molecule has 0 unspecified atom stereocenters. The lowest BCUT2D eigenvalue weighted by molar-refractivity contribution is 0.269. The van der Waals surface area contributed by atoms with E-state index in [9.17, 15) is 0 Å². The van der Waals surface area contributed by atoms with Crippen LogP contribution in [0.2, 0.25) is 5.02 Å². The van der Waals surface area contributed by atoms with E-state index in [-0.39, 0.29) is 0 Å². The summed E-state index contributed by atoms with van der Waals surface area (Å²) in [5.41, 5.74) is 5.84. The highest BCUT2D eigenvalue weighted by Crippen LogP contribution is 2.34. The van der Waals surface area contributed by atoms with Crippen LogP contribution in [0.4, 0.5) is 0 Å². The van der Waals surface area contributed by atoms with E-state index in [1.165, 1.54) is 16.7 Å². The molecule has 0 aliphatic rings. The molecular formula is C25H28ClNO2. The van der Waals surface area contributed by atoms with Crippen LogP contribution in [0, 0.1) is 13.8 Å². The van der Waals surface area contributed by atoms with Crippen molar-refractivity contribution in [1.29, 1.82) is 0 Å². The van der Waals surface area contributed by atoms with Crippen molar-refractivity contribution >= 4 is 11.6 Å². The molecule has 0 atom stereocenters. The van der Waals surface area contributed by atoms with Gasteiger partial charge in [-0.05, 0) is 43.5 Å². The van der Waals surface area contributed by atoms with Gasteiger partial charge in [-0.25, -0.2) is 0 Å². The normalized spacial score (nSPS) is 10.8. The van der Waals surface area contributed by atoms with E-state index < -0.39 is 0 Å². The molecule has 0 aliphatic carbocycles. The minimum absolute atomic E-state index is 0.474. The SMILES string of the molecule is CCOc1cc(CNCc2ccc(C)cc2)c(Cl)cc1OCc1ccc(C)cc1. The van der Waals surface area contributed by atoms with Crippen LogP contribution >= 0.6 is 11.6 Å². The van der Waals surface area contributed by atoms with Crippen LogP contribution in [0.3, 0.4) is 0 Å². The number of ether oxygens (including phenoxy) is 2. The van der Waals surface area contributed by atoms with E-state index in [1.807, 2.05) is 19.1 Å². The Bertz CT molecular complexity index is 921. The molecule has 152 valence electrons. The number of benzene rings is 3. The average Bonchev–Trinajstić information content (AvgIpc) is 2.72. The quantitative estimate of drug-likeness (QED) is 0.454. The van der Waals surface area contributed by atoms with E-state index in [0.717, 1.165) is 23.4 Å². The largest absolute Gasteiger partial charge is 0.490 e. The van der Waals surface area contributed by atoms with Gasteiger partial charge in [-0.2, -0.15) is 0 Å². The van der Waals surface area contributed by atoms with Crippen molar-refractivity contribution in [2.24, 2.45) is 0 Å². The smallest absolute Gasteiger partial charge is 0.163 e. The zero-order valence-electron chi connectivity index (χ0n) is 17.3. The Morgan fingerprint density at radius 3 is 1.97 bits per heavy atom. The minimum atomic E-state index is 0.474. The number of hydrogen-bond donors (Lipinski definition) is 1. The average molecular weight is 410 g/mol. The number of aryl methyl sites for hydroxylation is 2. The predicted molar refractivity (Wildman–Crippen MR) is 120 cm³/mol. The molecule has 0 saturated carbocycles. The molecule has 0 amide bonds. The lowest BCUT2D eigenvalue weighted by Crippen LogP contribution is -2.13. The zero-order valence-corrected chi connectivity index (χ0v) is 18.1. The molecule has 4 heteroatoms. The molecule has 1 N–H and O–H groups in total. The minimum Gasteiger partial charge on any atom is -0.490 e. The number of halogens is 1. The Labute approximate surface area is 178 Å². The summed E-state index contributed by atoms with van der Waals surface area (Å²) in [6.45, 7) is 8.61. The fourth-order valence-corrected chi connectivity index (χ4v) is 3.21. The Hall–Kier alpha value is -2.49. The fraction of sp³-hybridized carbons (Fsp3) is 0.280. The zero-order chi connectivity index (χ0) is 20.6. The number of rotatable bonds is 9. The Balaban J connectivity index is 1.66. The lowest BCUT2D eigenvalue weighted by atomic mass is 10.1. The van der Waals surface area contributed by atoms with Crippen LogP contribution in [0.5, 0.6) is 11.5 Å². The molecule has 0 spiro atoms. The molecule has 0 heterocycles. The van der Waals surface area contributed by atoms with Gasteiger partial charge < -0.3 is 14.8 Å². The maximum Gasteiger partial charge on any atom is 0.163 e. The standard InChI is InChI=1S/C25H28ClNO2/c1-4-28-24-13-22(16-27-15-20-9-5-18(2)6-10-20)23(26)14-25(24)29-17-21-11-7-19(3)8-12-21/h5-14,27H,4,15-17H2,1-3H3. The van der Waals surface area contributed by atoms with Crippen molar-refractivity contribution in [3.63, 3.8) is 0 Å². The highest BCUT2D eigenvalue weighted by atomic mass is 35.5. The van der Waals surface area contributed by atoms with Crippen molar-refractivity contribution in [1.82, 2.24) is 5.32 Å². The summed E-state index contributed by atoms with van der Waals surface area (Å²) in [5, 5.41) is 4.12. The first-order chi connectivity index (χ1) is 14.0. The Kier molecular flexibility index (Phi) is 7.56. The molecule has 0 bridgehead atoms. The first-order valence-corrected chi connectivity index (χ1v) is 10.3. The summed E-state index contributed by atoms with van der Waals surface area (Å²) >= 11 is 6.53. The summed E-state index contributed by atoms with van der Waals surface area (Å²) < 4.78 is 11.8. The van der Waals surface area contributed by atoms with E-state index >= 15 is 0 Å². The molecule has 0 aliphatic heterocycles. The van der Waals surface area contributed by atoms with Gasteiger partial charge in [0.05, 0.1) is 6.61 Å². The predicted octanol–water partition coefficient (Wildman–Crippen LogP) is 6.22. The van der Waals surface area contributed by atoms with Crippen LogP contribution in [0.1, 0.15) is 34.7 Å². The van der Waals surface area contributed by atoms with E-state index in [2.05, 4.69) is 67.7 Å². The molecular weight excluding hydrogens is 382 g/mol. The van der Waals surface area contributed by atoms with Crippen LogP contribution < -0.4 is 14.8 Å². The first-order valence-electron chi connectivity index (χ1n) is 9.95. The molecule has 0 saturated heterocycles. The summed E-state index contributed by atoms with van der Waals surface area (Å²) in [7, 11) is 0. The Morgan fingerprint density at radius 1 is 0.759 bits per heavy atom. The summed E-state index contributed by atoms with van der Waals surface area (Å²) in [4.78, 5) is 0. The summed E-state index contributed by atoms with van der Waals surface area (Å²) in [5.74, 6) is 1.39. The van der Waals surface area contributed by atoms with E-state index in [0.29, 0.717) is 30.5 Å². The van der Waals surface area contributed by atoms with Crippen molar-refractivity contribution < 1.29 is 9.47 Å². The maximum atomic E-state index is 6.53. The molecule has 0 fully saturated rings. The third kappa shape index (κ3) is 6.25. The van der Waals surface area contributed by atoms with Gasteiger partial charge in [0.15, 0.2) is 11.5 Å². The van der Waals surface area contributed by atoms with Crippen molar-refractivity contribution in [2.45, 2.75) is 40.5 Å². The summed E-state index contributed by atoms with van der Waals surface area (Å²) in [6, 6.07) is 20.6. The van der Waals surface area contributed by atoms with Gasteiger partial charge in [0.1, 0.15) is 6.61 Å². The van der Waals surface area contributed by atoms with Gasteiger partial charge in [0, 0.05) is 24.2 Å². The van der Waals surface area contributed by atoms with Crippen LogP contribution in [0.15, 0.2) is 60.7 Å². The van der Waals surface area contributed by atoms with Crippen molar-refractivity contribution in [2.75, 3.05) is 6.61 Å². The van der Waals surface area contributed by atoms with Gasteiger partial charge in [0.2, 0.25) is 0 Å². The molecule has 3 nitrogen and oxygen atoms in total. The highest BCUT2D eigenvalue weighted by molar-refractivity contribution is 6.31. The summed E-state index contributed by atoms with van der Waals surface area (Å²) in [6.07, 6.45) is 0. The lowest BCUT2D eigenvalue weighted by Gasteiger charge is -2.15. The van der Waals surface area contributed by atoms with Gasteiger partial charge in [0.25, 0.3) is 0 Å². The maximum absolute atomic E-state index is 6.53. The number of hydrogen-bond acceptors (Lipinski definition) is 3. The second-order valence-electron chi connectivity index (χ2n) is 7.19. The fourth-order valence-electron chi connectivity index (χ4n) is 2.99. The molecule has 0 radical (unpaired) electrons. The molecule has 3 aromatic rings. The number of nitrogens with one attached hydrogen (secondary N) is 1. The highest BCUT2D eigenvalue weighted by Gasteiger charge is 2.11.